The van der Waals surface area contributed by atoms with Crippen LogP contribution in [0.1, 0.15) is 110 Å². The Morgan fingerprint density at radius 1 is 0.806 bits per heavy atom. The minimum Gasteiger partial charge on any atom is -0.394 e. The molecule has 31 heavy (non-hydrogen) atoms. The van der Waals surface area contributed by atoms with Crippen molar-refractivity contribution in [3.05, 3.63) is 12.2 Å². The van der Waals surface area contributed by atoms with Crippen molar-refractivity contribution in [3.8, 4) is 0 Å². The summed E-state index contributed by atoms with van der Waals surface area (Å²) in [6, 6.07) is 0. The van der Waals surface area contributed by atoms with E-state index >= 15 is 0 Å². The van der Waals surface area contributed by atoms with Crippen LogP contribution in [0.15, 0.2) is 12.2 Å². The highest BCUT2D eigenvalue weighted by Gasteiger charge is 2.40. The first kappa shape index (κ1) is 28.6. The van der Waals surface area contributed by atoms with Gasteiger partial charge in [-0.3, -0.25) is 0 Å². The van der Waals surface area contributed by atoms with Gasteiger partial charge in [0.25, 0.3) is 0 Å². The number of rotatable bonds is 21. The number of hydrogen-bond donors (Lipinski definition) is 3. The number of allylic oxidation sites excluding steroid dienone is 2. The van der Waals surface area contributed by atoms with E-state index in [0.717, 1.165) is 12.8 Å². The van der Waals surface area contributed by atoms with Gasteiger partial charge in [0.15, 0.2) is 0 Å². The SMILES string of the molecule is CCCCCCC/C=C/CCCCCCCCCCCO[C@H](CO)[C@H]1OC[C@H](O)[C@H]1O. The summed E-state index contributed by atoms with van der Waals surface area (Å²) in [5.74, 6) is 0. The minimum atomic E-state index is -0.978. The predicted molar refractivity (Wildman–Crippen MR) is 127 cm³/mol. The molecule has 0 unspecified atom stereocenters. The van der Waals surface area contributed by atoms with Crippen molar-refractivity contribution in [1.29, 1.82) is 0 Å². The van der Waals surface area contributed by atoms with Gasteiger partial charge in [-0.05, 0) is 32.1 Å². The van der Waals surface area contributed by atoms with Gasteiger partial charge in [-0.15, -0.1) is 0 Å². The fraction of sp³-hybridized carbons (Fsp3) is 0.923. The van der Waals surface area contributed by atoms with E-state index in [1.807, 2.05) is 0 Å². The maximum absolute atomic E-state index is 9.85. The molecule has 1 fully saturated rings. The number of hydrogen-bond acceptors (Lipinski definition) is 5. The third-order valence-electron chi connectivity index (χ3n) is 6.22. The van der Waals surface area contributed by atoms with Crippen molar-refractivity contribution in [3.63, 3.8) is 0 Å². The molecule has 0 amide bonds. The first-order valence-corrected chi connectivity index (χ1v) is 13.1. The molecule has 3 N–H and O–H groups in total. The molecule has 1 rings (SSSR count). The highest BCUT2D eigenvalue weighted by molar-refractivity contribution is 4.88. The van der Waals surface area contributed by atoms with Crippen LogP contribution in [0.5, 0.6) is 0 Å². The molecule has 5 heteroatoms. The van der Waals surface area contributed by atoms with Gasteiger partial charge in [-0.25, -0.2) is 0 Å². The van der Waals surface area contributed by atoms with Crippen molar-refractivity contribution in [1.82, 2.24) is 0 Å². The van der Waals surface area contributed by atoms with E-state index in [-0.39, 0.29) is 13.2 Å². The summed E-state index contributed by atoms with van der Waals surface area (Å²) in [4.78, 5) is 0. The fourth-order valence-electron chi connectivity index (χ4n) is 4.14. The summed E-state index contributed by atoms with van der Waals surface area (Å²) in [6.45, 7) is 2.71. The third-order valence-corrected chi connectivity index (χ3v) is 6.22. The van der Waals surface area contributed by atoms with E-state index in [0.29, 0.717) is 6.61 Å². The Balaban J connectivity index is 1.81. The van der Waals surface area contributed by atoms with E-state index in [4.69, 9.17) is 9.47 Å². The van der Waals surface area contributed by atoms with Gasteiger partial charge in [0, 0.05) is 6.61 Å². The molecule has 0 aromatic rings. The second-order valence-electron chi connectivity index (χ2n) is 9.09. The molecule has 0 saturated carbocycles. The Labute approximate surface area is 191 Å². The second-order valence-corrected chi connectivity index (χ2v) is 9.09. The van der Waals surface area contributed by atoms with Crippen LogP contribution >= 0.6 is 0 Å². The molecular weight excluding hydrogens is 392 g/mol. The molecular formula is C26H50O5. The van der Waals surface area contributed by atoms with Crippen molar-refractivity contribution in [2.24, 2.45) is 0 Å². The number of aliphatic hydroxyl groups excluding tert-OH is 3. The Bertz CT molecular complexity index is 415. The lowest BCUT2D eigenvalue weighted by Crippen LogP contribution is -2.42. The Morgan fingerprint density at radius 3 is 1.81 bits per heavy atom. The first-order valence-electron chi connectivity index (χ1n) is 13.1. The zero-order valence-corrected chi connectivity index (χ0v) is 20.1. The van der Waals surface area contributed by atoms with Crippen molar-refractivity contribution in [2.45, 2.75) is 134 Å². The smallest absolute Gasteiger partial charge is 0.114 e. The summed E-state index contributed by atoms with van der Waals surface area (Å²) in [5.41, 5.74) is 0. The summed E-state index contributed by atoms with van der Waals surface area (Å²) in [6.07, 6.45) is 22.3. The Hall–Kier alpha value is -0.460. The molecule has 0 aromatic carbocycles. The molecule has 0 bridgehead atoms. The number of unbranched alkanes of at least 4 members (excludes halogenated alkanes) is 14. The standard InChI is InChI=1S/C26H50O5/c1-2-3-4-5-6-7-8-9-10-11-12-13-14-15-16-17-18-19-20-30-24(21-27)26-25(29)23(28)22-31-26/h8-9,23-29H,2-7,10-22H2,1H3/b9-8+/t23-,24+,25+,26+/m0/s1. The summed E-state index contributed by atoms with van der Waals surface area (Å²) < 4.78 is 11.0. The molecule has 4 atom stereocenters. The van der Waals surface area contributed by atoms with Gasteiger partial charge in [0.2, 0.25) is 0 Å². The summed E-state index contributed by atoms with van der Waals surface area (Å²) in [7, 11) is 0. The normalized spacial score (nSPS) is 22.5. The quantitative estimate of drug-likeness (QED) is 0.166. The number of aliphatic hydroxyl groups is 3. The molecule has 1 saturated heterocycles. The topological polar surface area (TPSA) is 79.2 Å². The molecule has 1 aliphatic rings. The molecule has 0 aromatic heterocycles. The van der Waals surface area contributed by atoms with Gasteiger partial charge >= 0.3 is 0 Å². The summed E-state index contributed by atoms with van der Waals surface area (Å²) >= 11 is 0. The minimum absolute atomic E-state index is 0.0988. The average Bonchev–Trinajstić information content (AvgIpc) is 3.11. The first-order chi connectivity index (χ1) is 15.2. The van der Waals surface area contributed by atoms with Gasteiger partial charge in [0.1, 0.15) is 24.4 Å². The zero-order chi connectivity index (χ0) is 22.6. The lowest BCUT2D eigenvalue weighted by atomic mass is 10.1. The largest absolute Gasteiger partial charge is 0.394 e. The van der Waals surface area contributed by atoms with Gasteiger partial charge < -0.3 is 24.8 Å². The van der Waals surface area contributed by atoms with Crippen LogP contribution in [0.2, 0.25) is 0 Å². The van der Waals surface area contributed by atoms with Gasteiger partial charge in [-0.1, -0.05) is 89.7 Å². The van der Waals surface area contributed by atoms with Crippen LogP contribution < -0.4 is 0 Å². The van der Waals surface area contributed by atoms with Crippen LogP contribution in [-0.2, 0) is 9.47 Å². The molecule has 0 radical (unpaired) electrons. The fourth-order valence-corrected chi connectivity index (χ4v) is 4.14. The van der Waals surface area contributed by atoms with Crippen LogP contribution in [0.4, 0.5) is 0 Å². The molecule has 184 valence electrons. The van der Waals surface area contributed by atoms with Crippen molar-refractivity contribution >= 4 is 0 Å². The average molecular weight is 443 g/mol. The highest BCUT2D eigenvalue weighted by atomic mass is 16.6. The second kappa shape index (κ2) is 20.2. The molecule has 5 nitrogen and oxygen atoms in total. The van der Waals surface area contributed by atoms with Crippen LogP contribution in [0.25, 0.3) is 0 Å². The lowest BCUT2D eigenvalue weighted by molar-refractivity contribution is -0.101. The van der Waals surface area contributed by atoms with E-state index < -0.39 is 24.4 Å². The highest BCUT2D eigenvalue weighted by Crippen LogP contribution is 2.20. The maximum Gasteiger partial charge on any atom is 0.114 e. The molecule has 1 heterocycles. The Kier molecular flexibility index (Phi) is 18.6. The zero-order valence-electron chi connectivity index (χ0n) is 20.1. The monoisotopic (exact) mass is 442 g/mol. The van der Waals surface area contributed by atoms with Crippen LogP contribution in [0, 0.1) is 0 Å². The van der Waals surface area contributed by atoms with E-state index in [1.165, 1.54) is 89.9 Å². The van der Waals surface area contributed by atoms with Gasteiger partial charge in [-0.2, -0.15) is 0 Å². The molecule has 1 aliphatic heterocycles. The van der Waals surface area contributed by atoms with Crippen molar-refractivity contribution < 1.29 is 24.8 Å². The van der Waals surface area contributed by atoms with E-state index in [9.17, 15) is 15.3 Å². The third kappa shape index (κ3) is 14.3. The van der Waals surface area contributed by atoms with Crippen molar-refractivity contribution in [2.75, 3.05) is 19.8 Å². The predicted octanol–water partition coefficient (Wildman–Crippen LogP) is 5.30. The van der Waals surface area contributed by atoms with Crippen LogP contribution in [0.3, 0.4) is 0 Å². The lowest BCUT2D eigenvalue weighted by Gasteiger charge is -2.24. The van der Waals surface area contributed by atoms with Crippen LogP contribution in [-0.4, -0.2) is 59.6 Å². The van der Waals surface area contributed by atoms with Gasteiger partial charge in [0.05, 0.1) is 13.2 Å². The number of ether oxygens (including phenoxy) is 2. The molecule has 0 aliphatic carbocycles. The van der Waals surface area contributed by atoms with E-state index in [1.54, 1.807) is 0 Å². The Morgan fingerprint density at radius 2 is 1.32 bits per heavy atom. The summed E-state index contributed by atoms with van der Waals surface area (Å²) in [5, 5.41) is 28.8. The van der Waals surface area contributed by atoms with E-state index in [2.05, 4.69) is 19.1 Å². The maximum atomic E-state index is 9.85. The molecule has 0 spiro atoms.